The van der Waals surface area contributed by atoms with Crippen molar-refractivity contribution in [3.8, 4) is 5.75 Å². The second-order valence-electron chi connectivity index (χ2n) is 10.8. The van der Waals surface area contributed by atoms with Gasteiger partial charge in [0, 0.05) is 0 Å². The van der Waals surface area contributed by atoms with E-state index in [1.54, 1.807) is 5.57 Å². The summed E-state index contributed by atoms with van der Waals surface area (Å²) < 4.78 is 5.70. The Morgan fingerprint density at radius 3 is 2.09 bits per heavy atom. The molecule has 1 fully saturated rings. The molecule has 0 amide bonds. The van der Waals surface area contributed by atoms with Crippen molar-refractivity contribution in [2.45, 2.75) is 123 Å². The molecule has 1 heteroatoms. The maximum atomic E-state index is 5.70. The van der Waals surface area contributed by atoms with Crippen molar-refractivity contribution in [2.75, 3.05) is 6.61 Å². The lowest BCUT2D eigenvalue weighted by Gasteiger charge is -2.30. The number of hydrogen-bond donors (Lipinski definition) is 0. The Labute approximate surface area is 199 Å². The second kappa shape index (κ2) is 14.8. The number of allylic oxidation sites excluding steroid dienone is 2. The highest BCUT2D eigenvalue weighted by molar-refractivity contribution is 5.28. The smallest absolute Gasteiger partial charge is 0.119 e. The number of rotatable bonds is 14. The third-order valence-electron chi connectivity index (χ3n) is 8.16. The second-order valence-corrected chi connectivity index (χ2v) is 10.8. The molecule has 0 aliphatic heterocycles. The zero-order chi connectivity index (χ0) is 22.4. The van der Waals surface area contributed by atoms with Gasteiger partial charge in [-0.1, -0.05) is 102 Å². The first-order valence-electron chi connectivity index (χ1n) is 14.2. The lowest BCUT2D eigenvalue weighted by Crippen LogP contribution is -2.16. The van der Waals surface area contributed by atoms with Gasteiger partial charge in [-0.2, -0.15) is 0 Å². The van der Waals surface area contributed by atoms with Gasteiger partial charge in [0.05, 0.1) is 6.61 Å². The van der Waals surface area contributed by atoms with Gasteiger partial charge in [0.1, 0.15) is 5.75 Å². The van der Waals surface area contributed by atoms with E-state index in [2.05, 4.69) is 44.2 Å². The molecule has 0 bridgehead atoms. The summed E-state index contributed by atoms with van der Waals surface area (Å²) in [5.41, 5.74) is 3.15. The highest BCUT2D eigenvalue weighted by atomic mass is 16.5. The average molecular weight is 439 g/mol. The Balaban J connectivity index is 1.26. The lowest BCUT2D eigenvalue weighted by molar-refractivity contribution is 0.234. The third kappa shape index (κ3) is 9.32. The van der Waals surface area contributed by atoms with Gasteiger partial charge in [0.25, 0.3) is 0 Å². The maximum absolute atomic E-state index is 5.70. The van der Waals surface area contributed by atoms with E-state index in [-0.39, 0.29) is 0 Å². The van der Waals surface area contributed by atoms with Crippen LogP contribution in [0.25, 0.3) is 0 Å². The van der Waals surface area contributed by atoms with Crippen LogP contribution in [-0.2, 0) is 6.42 Å². The SMILES string of the molecule is CCCCCC[C@H]1CC[C@H](CCC2CC=C(CCc3ccc(OCCC)cc3)CC2)CC1. The summed E-state index contributed by atoms with van der Waals surface area (Å²) in [4.78, 5) is 0. The van der Waals surface area contributed by atoms with E-state index >= 15 is 0 Å². The average Bonchev–Trinajstić information content (AvgIpc) is 2.85. The van der Waals surface area contributed by atoms with Crippen molar-refractivity contribution in [3.05, 3.63) is 41.5 Å². The molecular weight excluding hydrogens is 388 g/mol. The fourth-order valence-electron chi connectivity index (χ4n) is 5.85. The fourth-order valence-corrected chi connectivity index (χ4v) is 5.85. The van der Waals surface area contributed by atoms with Gasteiger partial charge in [0.15, 0.2) is 0 Å². The molecule has 32 heavy (non-hydrogen) atoms. The molecule has 1 unspecified atom stereocenters. The lowest BCUT2D eigenvalue weighted by atomic mass is 9.76. The van der Waals surface area contributed by atoms with Crippen LogP contribution in [0.1, 0.15) is 122 Å². The maximum Gasteiger partial charge on any atom is 0.119 e. The van der Waals surface area contributed by atoms with E-state index in [0.717, 1.165) is 36.5 Å². The Hall–Kier alpha value is -1.24. The standard InChI is InChI=1S/C31H50O/c1-3-5-6-7-8-26-9-11-27(12-10-26)13-14-28-15-17-29(18-16-28)19-20-30-21-23-31(24-22-30)32-25-4-2/h17,21-24,26-28H,3-16,18-20,25H2,1-2H3/t26-,27-,28?. The summed E-state index contributed by atoms with van der Waals surface area (Å²) in [5, 5.41) is 0. The van der Waals surface area contributed by atoms with Gasteiger partial charge in [-0.25, -0.2) is 0 Å². The van der Waals surface area contributed by atoms with E-state index in [4.69, 9.17) is 4.74 Å². The van der Waals surface area contributed by atoms with Crippen LogP contribution in [0.5, 0.6) is 5.75 Å². The van der Waals surface area contributed by atoms with Crippen LogP contribution in [0, 0.1) is 17.8 Å². The summed E-state index contributed by atoms with van der Waals surface area (Å²) in [6.45, 7) is 5.28. The van der Waals surface area contributed by atoms with E-state index < -0.39 is 0 Å². The molecule has 0 saturated heterocycles. The largest absolute Gasteiger partial charge is 0.494 e. The monoisotopic (exact) mass is 438 g/mol. The van der Waals surface area contributed by atoms with Gasteiger partial charge in [-0.05, 0) is 80.4 Å². The van der Waals surface area contributed by atoms with Crippen LogP contribution in [-0.4, -0.2) is 6.61 Å². The third-order valence-corrected chi connectivity index (χ3v) is 8.16. The topological polar surface area (TPSA) is 9.23 Å². The van der Waals surface area contributed by atoms with Gasteiger partial charge in [-0.15, -0.1) is 0 Å². The van der Waals surface area contributed by atoms with E-state index in [9.17, 15) is 0 Å². The quantitative estimate of drug-likeness (QED) is 0.207. The molecule has 0 N–H and O–H groups in total. The number of ether oxygens (including phenoxy) is 1. The van der Waals surface area contributed by atoms with Crippen LogP contribution in [0.4, 0.5) is 0 Å². The molecule has 0 spiro atoms. The van der Waals surface area contributed by atoms with Crippen molar-refractivity contribution in [3.63, 3.8) is 0 Å². The molecule has 1 aromatic rings. The zero-order valence-corrected chi connectivity index (χ0v) is 21.3. The van der Waals surface area contributed by atoms with Gasteiger partial charge in [0.2, 0.25) is 0 Å². The van der Waals surface area contributed by atoms with E-state index in [1.807, 2.05) is 0 Å². The number of aryl methyl sites for hydroxylation is 1. The molecule has 1 atom stereocenters. The Morgan fingerprint density at radius 2 is 1.44 bits per heavy atom. The molecule has 0 aromatic heterocycles. The van der Waals surface area contributed by atoms with Gasteiger partial charge >= 0.3 is 0 Å². The molecule has 1 saturated carbocycles. The van der Waals surface area contributed by atoms with Crippen molar-refractivity contribution in [1.82, 2.24) is 0 Å². The first kappa shape index (κ1) is 25.4. The Kier molecular flexibility index (Phi) is 11.8. The number of benzene rings is 1. The molecule has 0 heterocycles. The summed E-state index contributed by atoms with van der Waals surface area (Å²) in [6.07, 6.45) is 26.5. The molecule has 180 valence electrons. The highest BCUT2D eigenvalue weighted by Crippen LogP contribution is 2.37. The van der Waals surface area contributed by atoms with Crippen molar-refractivity contribution in [1.29, 1.82) is 0 Å². The highest BCUT2D eigenvalue weighted by Gasteiger charge is 2.22. The minimum atomic E-state index is 0.813. The molecule has 2 aliphatic rings. The van der Waals surface area contributed by atoms with Crippen LogP contribution < -0.4 is 4.74 Å². The normalized spacial score (nSPS) is 23.7. The van der Waals surface area contributed by atoms with Crippen molar-refractivity contribution in [2.24, 2.45) is 17.8 Å². The van der Waals surface area contributed by atoms with Crippen LogP contribution in [0.2, 0.25) is 0 Å². The van der Waals surface area contributed by atoms with Crippen LogP contribution in [0.15, 0.2) is 35.9 Å². The molecule has 2 aliphatic carbocycles. The molecule has 3 rings (SSSR count). The van der Waals surface area contributed by atoms with Crippen LogP contribution >= 0.6 is 0 Å². The summed E-state index contributed by atoms with van der Waals surface area (Å²) in [5.74, 6) is 4.07. The van der Waals surface area contributed by atoms with E-state index in [1.165, 1.54) is 108 Å². The predicted octanol–water partition coefficient (Wildman–Crippen LogP) is 9.69. The summed E-state index contributed by atoms with van der Waals surface area (Å²) in [7, 11) is 0. The molecule has 1 aromatic carbocycles. The first-order chi connectivity index (χ1) is 15.8. The zero-order valence-electron chi connectivity index (χ0n) is 21.3. The first-order valence-corrected chi connectivity index (χ1v) is 14.2. The Morgan fingerprint density at radius 1 is 0.719 bits per heavy atom. The molecule has 1 nitrogen and oxygen atoms in total. The van der Waals surface area contributed by atoms with Crippen molar-refractivity contribution < 1.29 is 4.74 Å². The number of hydrogen-bond acceptors (Lipinski definition) is 1. The fraction of sp³-hybridized carbons (Fsp3) is 0.742. The predicted molar refractivity (Wildman–Crippen MR) is 139 cm³/mol. The minimum absolute atomic E-state index is 0.813. The van der Waals surface area contributed by atoms with Crippen LogP contribution in [0.3, 0.4) is 0 Å². The molecular formula is C31H50O. The van der Waals surface area contributed by atoms with Crippen molar-refractivity contribution >= 4 is 0 Å². The van der Waals surface area contributed by atoms with Gasteiger partial charge in [-0.3, -0.25) is 0 Å². The summed E-state index contributed by atoms with van der Waals surface area (Å²) in [6, 6.07) is 8.76. The molecule has 0 radical (unpaired) electrons. The van der Waals surface area contributed by atoms with E-state index in [0.29, 0.717) is 0 Å². The number of unbranched alkanes of at least 4 members (excludes halogenated alkanes) is 3. The minimum Gasteiger partial charge on any atom is -0.494 e. The van der Waals surface area contributed by atoms with Gasteiger partial charge < -0.3 is 4.74 Å². The summed E-state index contributed by atoms with van der Waals surface area (Å²) >= 11 is 0. The Bertz CT molecular complexity index is 635.